The van der Waals surface area contributed by atoms with Gasteiger partial charge in [0.25, 0.3) is 11.8 Å². The molecule has 133 valence electrons. The number of fused-ring (bicyclic) bond motifs is 1. The van der Waals surface area contributed by atoms with E-state index in [4.69, 9.17) is 10.5 Å². The van der Waals surface area contributed by atoms with E-state index in [-0.39, 0.29) is 5.69 Å². The van der Waals surface area contributed by atoms with Crippen LogP contribution in [-0.4, -0.2) is 27.2 Å². The third kappa shape index (κ3) is 3.19. The number of nitrogens with two attached hydrogens (primary N) is 1. The minimum Gasteiger partial charge on any atom is -0.365 e. The zero-order valence-corrected chi connectivity index (χ0v) is 15.5. The Morgan fingerprint density at radius 2 is 2.08 bits per heavy atom. The smallest absolute Gasteiger partial charge is 0.276 e. The Kier molecular flexibility index (Phi) is 4.00. The molecule has 0 atom stereocenters. The van der Waals surface area contributed by atoms with Crippen molar-refractivity contribution in [2.45, 2.75) is 45.3 Å². The Balaban J connectivity index is 2.05. The number of amides is 2. The molecule has 2 aromatic rings. The van der Waals surface area contributed by atoms with Crippen LogP contribution in [0.1, 0.15) is 59.0 Å². The van der Waals surface area contributed by atoms with Crippen LogP contribution in [0.5, 0.6) is 0 Å². The summed E-state index contributed by atoms with van der Waals surface area (Å²) in [5.41, 5.74) is 6.02. The highest BCUT2D eigenvalue weighted by Gasteiger charge is 2.42. The van der Waals surface area contributed by atoms with Gasteiger partial charge in [-0.25, -0.2) is 0 Å². The highest BCUT2D eigenvalue weighted by atomic mass is 32.1. The van der Waals surface area contributed by atoms with Crippen molar-refractivity contribution in [3.8, 4) is 0 Å². The van der Waals surface area contributed by atoms with E-state index in [2.05, 4.69) is 17.5 Å². The Morgan fingerprint density at radius 3 is 2.64 bits per heavy atom. The van der Waals surface area contributed by atoms with Crippen LogP contribution in [0, 0.1) is 7.05 Å². The van der Waals surface area contributed by atoms with Crippen molar-refractivity contribution in [3.63, 3.8) is 0 Å². The molecule has 3 N–H and O–H groups in total. The number of carbonyl (C=O) groups excluding carboxylic acids is 2. The normalized spacial score (nSPS) is 17.8. The van der Waals surface area contributed by atoms with Crippen LogP contribution in [0.2, 0.25) is 0 Å². The molecular formula is C17H21N4O3S. The van der Waals surface area contributed by atoms with Crippen LogP contribution in [0.4, 0.5) is 5.00 Å². The fourth-order valence-corrected chi connectivity index (χ4v) is 4.58. The molecule has 0 saturated carbocycles. The first kappa shape index (κ1) is 17.6. The van der Waals surface area contributed by atoms with Gasteiger partial charge >= 0.3 is 0 Å². The zero-order chi connectivity index (χ0) is 18.6. The van der Waals surface area contributed by atoms with Crippen LogP contribution in [0.15, 0.2) is 12.3 Å². The average Bonchev–Trinajstić information content (AvgIpc) is 3.01. The van der Waals surface area contributed by atoms with E-state index in [0.717, 1.165) is 10.4 Å². The first-order valence-electron chi connectivity index (χ1n) is 7.84. The summed E-state index contributed by atoms with van der Waals surface area (Å²) in [5.74, 6) is -0.981. The van der Waals surface area contributed by atoms with Gasteiger partial charge < -0.3 is 15.8 Å². The number of hydrogen-bond donors (Lipinski definition) is 2. The highest BCUT2D eigenvalue weighted by Crippen LogP contribution is 2.48. The average molecular weight is 361 g/mol. The van der Waals surface area contributed by atoms with Crippen LogP contribution in [-0.2, 0) is 16.8 Å². The fraction of sp³-hybridized carbons (Fsp3) is 0.412. The summed E-state index contributed by atoms with van der Waals surface area (Å²) < 4.78 is 7.44. The molecule has 1 aliphatic rings. The van der Waals surface area contributed by atoms with Crippen molar-refractivity contribution in [2.24, 2.45) is 5.73 Å². The first-order valence-corrected chi connectivity index (χ1v) is 8.66. The van der Waals surface area contributed by atoms with Crippen LogP contribution >= 0.6 is 11.3 Å². The lowest BCUT2D eigenvalue weighted by atomic mass is 9.86. The lowest BCUT2D eigenvalue weighted by Crippen LogP contribution is -2.42. The maximum absolute atomic E-state index is 12.4. The predicted molar refractivity (Wildman–Crippen MR) is 95.7 cm³/mol. The summed E-state index contributed by atoms with van der Waals surface area (Å²) in [5, 5.41) is 7.16. The number of anilines is 1. The molecule has 3 rings (SSSR count). The molecule has 1 aliphatic heterocycles. The second-order valence-electron chi connectivity index (χ2n) is 7.22. The van der Waals surface area contributed by atoms with Gasteiger partial charge in [-0.3, -0.25) is 14.3 Å². The van der Waals surface area contributed by atoms with Gasteiger partial charge in [-0.15, -0.1) is 11.3 Å². The van der Waals surface area contributed by atoms with Crippen LogP contribution in [0.3, 0.4) is 0 Å². The Bertz CT molecular complexity index is 863. The van der Waals surface area contributed by atoms with E-state index < -0.39 is 23.0 Å². The van der Waals surface area contributed by atoms with Crippen LogP contribution in [0.25, 0.3) is 0 Å². The van der Waals surface area contributed by atoms with Crippen molar-refractivity contribution in [1.82, 2.24) is 9.78 Å². The van der Waals surface area contributed by atoms with E-state index in [0.29, 0.717) is 17.0 Å². The van der Waals surface area contributed by atoms with Gasteiger partial charge in [-0.05, 0) is 39.3 Å². The molecule has 0 aliphatic carbocycles. The quantitative estimate of drug-likeness (QED) is 0.877. The number of carbonyl (C=O) groups is 2. The molecular weight excluding hydrogens is 340 g/mol. The van der Waals surface area contributed by atoms with Crippen LogP contribution < -0.4 is 11.1 Å². The molecule has 7 nitrogen and oxygen atoms in total. The molecule has 25 heavy (non-hydrogen) atoms. The SMILES string of the molecule is [CH2]n1ccc(C(=O)Nc2sc3c(c2C(N)=O)CC(C)(C)OC3(C)C)n1. The standard InChI is InChI=1S/C17H21N4O3S/c1-16(2)8-9-11(13(18)22)15(25-12(9)17(3,4)24-16)19-14(23)10-6-7-21(5)20-10/h6-7H,5,8H2,1-4H3,(H2,18,22)(H,19,23). The van der Waals surface area contributed by atoms with Gasteiger partial charge in [0.1, 0.15) is 5.00 Å². The maximum atomic E-state index is 12.4. The number of rotatable bonds is 3. The maximum Gasteiger partial charge on any atom is 0.276 e. The third-order valence-electron chi connectivity index (χ3n) is 4.03. The molecule has 2 aromatic heterocycles. The van der Waals surface area contributed by atoms with Crippen molar-refractivity contribution in [2.75, 3.05) is 5.32 Å². The first-order chi connectivity index (χ1) is 11.5. The molecule has 3 heterocycles. The van der Waals surface area contributed by atoms with E-state index >= 15 is 0 Å². The number of aromatic nitrogens is 2. The van der Waals surface area contributed by atoms with Crippen molar-refractivity contribution < 1.29 is 14.3 Å². The van der Waals surface area contributed by atoms with Crippen molar-refractivity contribution >= 4 is 28.2 Å². The summed E-state index contributed by atoms with van der Waals surface area (Å²) in [7, 11) is 3.60. The molecule has 0 fully saturated rings. The summed E-state index contributed by atoms with van der Waals surface area (Å²) >= 11 is 1.32. The summed E-state index contributed by atoms with van der Waals surface area (Å²) in [6.07, 6.45) is 2.12. The molecule has 0 aromatic carbocycles. The monoisotopic (exact) mass is 361 g/mol. The van der Waals surface area contributed by atoms with Gasteiger partial charge in [-0.1, -0.05) is 0 Å². The van der Waals surface area contributed by atoms with E-state index in [9.17, 15) is 9.59 Å². The Hall–Kier alpha value is -2.19. The molecule has 0 spiro atoms. The van der Waals surface area contributed by atoms with Crippen molar-refractivity contribution in [1.29, 1.82) is 0 Å². The van der Waals surface area contributed by atoms with Gasteiger partial charge in [0.2, 0.25) is 0 Å². The molecule has 0 unspecified atom stereocenters. The lowest BCUT2D eigenvalue weighted by Gasteiger charge is -2.41. The second-order valence-corrected chi connectivity index (χ2v) is 8.24. The van der Waals surface area contributed by atoms with Gasteiger partial charge in [0.05, 0.1) is 23.8 Å². The van der Waals surface area contributed by atoms with E-state index in [1.54, 1.807) is 12.3 Å². The topological polar surface area (TPSA) is 99.2 Å². The summed E-state index contributed by atoms with van der Waals surface area (Å²) in [6.45, 7) is 7.84. The fourth-order valence-electron chi connectivity index (χ4n) is 3.32. The van der Waals surface area contributed by atoms with Gasteiger partial charge in [-0.2, -0.15) is 5.10 Å². The summed E-state index contributed by atoms with van der Waals surface area (Å²) in [6, 6.07) is 1.55. The van der Waals surface area contributed by atoms with E-state index in [1.807, 2.05) is 27.7 Å². The third-order valence-corrected chi connectivity index (χ3v) is 5.49. The minimum atomic E-state index is -0.580. The Morgan fingerprint density at radius 1 is 1.40 bits per heavy atom. The molecule has 8 heteroatoms. The molecule has 0 bridgehead atoms. The molecule has 0 saturated heterocycles. The molecule has 1 radical (unpaired) electrons. The van der Waals surface area contributed by atoms with Gasteiger partial charge in [0.15, 0.2) is 5.69 Å². The second kappa shape index (κ2) is 5.67. The molecule has 2 amide bonds. The predicted octanol–water partition coefficient (Wildman–Crippen LogP) is 2.52. The number of thiophene rings is 1. The number of nitrogens with one attached hydrogen (secondary N) is 1. The largest absolute Gasteiger partial charge is 0.365 e. The Labute approximate surface area is 150 Å². The lowest BCUT2D eigenvalue weighted by molar-refractivity contribution is -0.135. The highest BCUT2D eigenvalue weighted by molar-refractivity contribution is 7.17. The number of hydrogen-bond acceptors (Lipinski definition) is 5. The van der Waals surface area contributed by atoms with Gasteiger partial charge in [0, 0.05) is 17.5 Å². The summed E-state index contributed by atoms with van der Waals surface area (Å²) in [4.78, 5) is 25.4. The number of ether oxygens (including phenoxy) is 1. The number of nitrogens with zero attached hydrogens (tertiary/aromatic N) is 2. The zero-order valence-electron chi connectivity index (χ0n) is 14.7. The number of primary amides is 1. The van der Waals surface area contributed by atoms with Crippen molar-refractivity contribution in [3.05, 3.63) is 41.0 Å². The minimum absolute atomic E-state index is 0.215. The van der Waals surface area contributed by atoms with E-state index in [1.165, 1.54) is 16.0 Å².